The van der Waals surface area contributed by atoms with E-state index in [4.69, 9.17) is 0 Å². The van der Waals surface area contributed by atoms with Gasteiger partial charge >= 0.3 is 6.18 Å². The third-order valence-corrected chi connectivity index (χ3v) is 3.63. The molecule has 2 rings (SSSR count). The van der Waals surface area contributed by atoms with Crippen LogP contribution in [0.4, 0.5) is 13.2 Å². The predicted octanol–water partition coefficient (Wildman–Crippen LogP) is 1.40. The van der Waals surface area contributed by atoms with E-state index < -0.39 is 18.0 Å². The Kier molecular flexibility index (Phi) is 4.01. The summed E-state index contributed by atoms with van der Waals surface area (Å²) in [5.41, 5.74) is 0.162. The van der Waals surface area contributed by atoms with Crippen LogP contribution in [-0.2, 0) is 9.59 Å². The molecular weight excluding hydrogens is 275 g/mol. The van der Waals surface area contributed by atoms with E-state index in [1.54, 1.807) is 0 Å². The molecule has 5 nitrogen and oxygen atoms in total. The first-order chi connectivity index (χ1) is 9.29. The molecule has 0 radical (unpaired) electrons. The number of nitrogens with zero attached hydrogens (tertiary/aromatic N) is 3. The van der Waals surface area contributed by atoms with Gasteiger partial charge < -0.3 is 4.90 Å². The van der Waals surface area contributed by atoms with E-state index in [0.29, 0.717) is 13.0 Å². The minimum Gasteiger partial charge on any atom is -0.337 e. The maximum Gasteiger partial charge on any atom is 0.393 e. The first-order valence-corrected chi connectivity index (χ1v) is 6.49. The monoisotopic (exact) mass is 291 g/mol. The van der Waals surface area contributed by atoms with Gasteiger partial charge in [-0.25, -0.2) is 5.01 Å². The lowest BCUT2D eigenvalue weighted by Crippen LogP contribution is -2.48. The summed E-state index contributed by atoms with van der Waals surface area (Å²) in [7, 11) is 1.43. The molecule has 0 aliphatic carbocycles. The lowest BCUT2D eigenvalue weighted by Gasteiger charge is -2.34. The largest absolute Gasteiger partial charge is 0.393 e. The Labute approximate surface area is 114 Å². The van der Waals surface area contributed by atoms with Gasteiger partial charge in [0.1, 0.15) is 5.71 Å². The Bertz CT molecular complexity index is 448. The molecule has 0 aromatic rings. The summed E-state index contributed by atoms with van der Waals surface area (Å²) in [5, 5.41) is 4.92. The zero-order valence-corrected chi connectivity index (χ0v) is 11.1. The van der Waals surface area contributed by atoms with E-state index in [1.807, 2.05) is 0 Å². The molecule has 20 heavy (non-hydrogen) atoms. The molecule has 2 aliphatic rings. The highest BCUT2D eigenvalue weighted by Gasteiger charge is 2.43. The molecule has 1 fully saturated rings. The second-order valence-electron chi connectivity index (χ2n) is 5.10. The Balaban J connectivity index is 2.06. The first-order valence-electron chi connectivity index (χ1n) is 6.49. The lowest BCUT2D eigenvalue weighted by atomic mass is 9.97. The van der Waals surface area contributed by atoms with Crippen molar-refractivity contribution in [2.75, 3.05) is 20.1 Å². The third-order valence-electron chi connectivity index (χ3n) is 3.63. The fourth-order valence-corrected chi connectivity index (χ4v) is 2.43. The zero-order valence-electron chi connectivity index (χ0n) is 11.1. The van der Waals surface area contributed by atoms with Gasteiger partial charge in [-0.3, -0.25) is 9.59 Å². The molecule has 112 valence electrons. The number of carbonyl (C=O) groups excluding carboxylic acids is 2. The van der Waals surface area contributed by atoms with Crippen LogP contribution in [0.15, 0.2) is 5.10 Å². The van der Waals surface area contributed by atoms with Gasteiger partial charge in [0.2, 0.25) is 5.91 Å². The minimum absolute atomic E-state index is 0.0537. The number of carbonyl (C=O) groups is 2. The highest BCUT2D eigenvalue weighted by atomic mass is 19.4. The minimum atomic E-state index is -4.28. The molecule has 2 heterocycles. The van der Waals surface area contributed by atoms with Crippen molar-refractivity contribution in [2.45, 2.75) is 31.9 Å². The van der Waals surface area contributed by atoms with E-state index in [-0.39, 0.29) is 37.4 Å². The Morgan fingerprint density at radius 2 is 2.05 bits per heavy atom. The average Bonchev–Trinajstić information content (AvgIpc) is 2.40. The van der Waals surface area contributed by atoms with Crippen molar-refractivity contribution in [2.24, 2.45) is 11.0 Å². The van der Waals surface area contributed by atoms with Gasteiger partial charge in [-0.15, -0.1) is 0 Å². The summed E-state index contributed by atoms with van der Waals surface area (Å²) < 4.78 is 38.1. The van der Waals surface area contributed by atoms with Crippen molar-refractivity contribution < 1.29 is 22.8 Å². The molecule has 1 atom stereocenters. The molecule has 0 aromatic heterocycles. The second kappa shape index (κ2) is 5.41. The maximum absolute atomic E-state index is 12.7. The van der Waals surface area contributed by atoms with E-state index in [0.717, 1.165) is 5.01 Å². The molecule has 1 saturated heterocycles. The summed E-state index contributed by atoms with van der Waals surface area (Å²) in [4.78, 5) is 24.6. The van der Waals surface area contributed by atoms with Crippen molar-refractivity contribution in [3.63, 3.8) is 0 Å². The van der Waals surface area contributed by atoms with Crippen LogP contribution in [0.1, 0.15) is 25.7 Å². The van der Waals surface area contributed by atoms with Crippen molar-refractivity contribution >= 4 is 17.5 Å². The van der Waals surface area contributed by atoms with Crippen LogP contribution in [-0.4, -0.2) is 53.7 Å². The Hall–Kier alpha value is -1.60. The number of amides is 2. The van der Waals surface area contributed by atoms with Crippen LogP contribution in [0.25, 0.3) is 0 Å². The first kappa shape index (κ1) is 14.8. The highest BCUT2D eigenvalue weighted by molar-refractivity contribution is 6.39. The molecule has 0 saturated carbocycles. The van der Waals surface area contributed by atoms with Crippen LogP contribution in [0.2, 0.25) is 0 Å². The number of hydrogen-bond donors (Lipinski definition) is 0. The van der Waals surface area contributed by atoms with Crippen LogP contribution in [0.3, 0.4) is 0 Å². The Morgan fingerprint density at radius 3 is 2.65 bits per heavy atom. The number of halogens is 3. The number of alkyl halides is 3. The molecule has 2 aliphatic heterocycles. The quantitative estimate of drug-likeness (QED) is 0.733. The molecule has 8 heteroatoms. The number of rotatable bonds is 1. The topological polar surface area (TPSA) is 53.0 Å². The van der Waals surface area contributed by atoms with E-state index in [9.17, 15) is 22.8 Å². The van der Waals surface area contributed by atoms with Crippen molar-refractivity contribution in [3.8, 4) is 0 Å². The van der Waals surface area contributed by atoms with Crippen molar-refractivity contribution in [3.05, 3.63) is 0 Å². The molecule has 0 unspecified atom stereocenters. The lowest BCUT2D eigenvalue weighted by molar-refractivity contribution is -0.187. The van der Waals surface area contributed by atoms with Crippen LogP contribution in [0, 0.1) is 5.92 Å². The summed E-state index contributed by atoms with van der Waals surface area (Å²) in [6.07, 6.45) is -3.54. The summed E-state index contributed by atoms with van der Waals surface area (Å²) in [5.74, 6) is -2.16. The third kappa shape index (κ3) is 3.10. The summed E-state index contributed by atoms with van der Waals surface area (Å²) >= 11 is 0. The number of hydrogen-bond acceptors (Lipinski definition) is 3. The van der Waals surface area contributed by atoms with Crippen LogP contribution >= 0.6 is 0 Å². The van der Waals surface area contributed by atoms with Gasteiger partial charge in [0.15, 0.2) is 0 Å². The second-order valence-corrected chi connectivity index (χ2v) is 5.10. The maximum atomic E-state index is 12.7. The molecule has 0 bridgehead atoms. The molecule has 0 N–H and O–H groups in total. The predicted molar refractivity (Wildman–Crippen MR) is 64.8 cm³/mol. The fraction of sp³-hybridized carbons (Fsp3) is 0.750. The van der Waals surface area contributed by atoms with E-state index in [2.05, 4.69) is 5.10 Å². The van der Waals surface area contributed by atoms with E-state index >= 15 is 0 Å². The normalized spacial score (nSPS) is 24.7. The van der Waals surface area contributed by atoms with Gasteiger partial charge in [-0.05, 0) is 12.8 Å². The molecular formula is C12H16F3N3O2. The SMILES string of the molecule is CN1N=C(C(=O)N2CCC[C@H](C(F)(F)F)C2)CCC1=O. The molecule has 2 amide bonds. The van der Waals surface area contributed by atoms with Crippen LogP contribution in [0.5, 0.6) is 0 Å². The highest BCUT2D eigenvalue weighted by Crippen LogP contribution is 2.33. The number of likely N-dealkylation sites (tertiary alicyclic amines) is 1. The van der Waals surface area contributed by atoms with Crippen molar-refractivity contribution in [1.82, 2.24) is 9.91 Å². The summed E-state index contributed by atoms with van der Waals surface area (Å²) in [6, 6.07) is 0. The number of hydrazone groups is 1. The van der Waals surface area contributed by atoms with Gasteiger partial charge in [-0.1, -0.05) is 0 Å². The summed E-state index contributed by atoms with van der Waals surface area (Å²) in [6.45, 7) is -0.0128. The van der Waals surface area contributed by atoms with Gasteiger partial charge in [0.05, 0.1) is 5.92 Å². The smallest absolute Gasteiger partial charge is 0.337 e. The molecule has 0 aromatic carbocycles. The van der Waals surface area contributed by atoms with Gasteiger partial charge in [-0.2, -0.15) is 18.3 Å². The fourth-order valence-electron chi connectivity index (χ4n) is 2.43. The van der Waals surface area contributed by atoms with E-state index in [1.165, 1.54) is 11.9 Å². The zero-order chi connectivity index (χ0) is 14.9. The number of piperidine rings is 1. The molecule has 0 spiro atoms. The van der Waals surface area contributed by atoms with Crippen LogP contribution < -0.4 is 0 Å². The van der Waals surface area contributed by atoms with Crippen molar-refractivity contribution in [1.29, 1.82) is 0 Å². The van der Waals surface area contributed by atoms with Gasteiger partial charge in [0.25, 0.3) is 5.91 Å². The Morgan fingerprint density at radius 1 is 1.35 bits per heavy atom. The standard InChI is InChI=1S/C12H16F3N3O2/c1-17-10(19)5-4-9(16-17)11(20)18-6-2-3-8(7-18)12(13,14)15/h8H,2-7H2,1H3/t8-/m0/s1. The van der Waals surface area contributed by atoms with Gasteiger partial charge in [0, 0.05) is 33.0 Å². The average molecular weight is 291 g/mol.